The first-order valence-electron chi connectivity index (χ1n) is 5.62. The molecule has 0 aliphatic heterocycles. The third-order valence-corrected chi connectivity index (χ3v) is 4.19. The number of aromatic amines is 1. The Labute approximate surface area is 106 Å². The maximum atomic E-state index is 13.6. The van der Waals surface area contributed by atoms with E-state index in [2.05, 4.69) is 20.9 Å². The Morgan fingerprint density at radius 1 is 1.41 bits per heavy atom. The summed E-state index contributed by atoms with van der Waals surface area (Å²) in [4.78, 5) is 15.6. The van der Waals surface area contributed by atoms with E-state index in [4.69, 9.17) is 0 Å². The van der Waals surface area contributed by atoms with E-state index in [0.717, 1.165) is 41.6 Å². The van der Waals surface area contributed by atoms with E-state index >= 15 is 0 Å². The highest BCUT2D eigenvalue weighted by molar-refractivity contribution is 9.10. The van der Waals surface area contributed by atoms with Crippen LogP contribution in [-0.4, -0.2) is 4.98 Å². The number of H-pyrrole nitrogens is 1. The summed E-state index contributed by atoms with van der Waals surface area (Å²) in [6.45, 7) is 1.81. The molecule has 0 saturated heterocycles. The molecule has 17 heavy (non-hydrogen) atoms. The third kappa shape index (κ3) is 1.47. The second-order valence-corrected chi connectivity index (χ2v) is 5.30. The third-order valence-electron chi connectivity index (χ3n) is 3.41. The highest BCUT2D eigenvalue weighted by Crippen LogP contribution is 2.29. The normalized spacial score (nSPS) is 14.3. The van der Waals surface area contributed by atoms with Gasteiger partial charge in [0.15, 0.2) is 5.43 Å². The lowest BCUT2D eigenvalue weighted by Crippen LogP contribution is -2.12. The van der Waals surface area contributed by atoms with Crippen molar-refractivity contribution in [3.8, 4) is 0 Å². The van der Waals surface area contributed by atoms with Gasteiger partial charge in [0.05, 0.1) is 15.4 Å². The molecule has 1 aliphatic carbocycles. The van der Waals surface area contributed by atoms with Crippen LogP contribution in [0.15, 0.2) is 15.3 Å². The molecule has 88 valence electrons. The minimum absolute atomic E-state index is 0.0271. The summed E-state index contributed by atoms with van der Waals surface area (Å²) < 4.78 is 13.9. The van der Waals surface area contributed by atoms with Crippen LogP contribution in [-0.2, 0) is 12.8 Å². The van der Waals surface area contributed by atoms with Crippen molar-refractivity contribution in [2.45, 2.75) is 26.2 Å². The fourth-order valence-electron chi connectivity index (χ4n) is 2.56. The Morgan fingerprint density at radius 3 is 2.94 bits per heavy atom. The van der Waals surface area contributed by atoms with Gasteiger partial charge in [-0.2, -0.15) is 0 Å². The minimum Gasteiger partial charge on any atom is -0.358 e. The number of rotatable bonds is 0. The maximum absolute atomic E-state index is 13.6. The number of pyridine rings is 1. The topological polar surface area (TPSA) is 32.9 Å². The van der Waals surface area contributed by atoms with Gasteiger partial charge >= 0.3 is 0 Å². The lowest BCUT2D eigenvalue weighted by molar-refractivity contribution is 0.622. The van der Waals surface area contributed by atoms with Gasteiger partial charge in [-0.1, -0.05) is 0 Å². The number of nitrogens with one attached hydrogen (secondary N) is 1. The van der Waals surface area contributed by atoms with Gasteiger partial charge in [0.2, 0.25) is 0 Å². The second-order valence-electron chi connectivity index (χ2n) is 4.50. The van der Waals surface area contributed by atoms with E-state index in [-0.39, 0.29) is 15.7 Å². The van der Waals surface area contributed by atoms with Crippen molar-refractivity contribution in [1.82, 2.24) is 4.98 Å². The first kappa shape index (κ1) is 11.0. The predicted molar refractivity (Wildman–Crippen MR) is 69.0 cm³/mol. The van der Waals surface area contributed by atoms with Gasteiger partial charge in [-0.05, 0) is 53.7 Å². The average Bonchev–Trinajstić information content (AvgIpc) is 2.74. The summed E-state index contributed by atoms with van der Waals surface area (Å²) >= 11 is 3.18. The monoisotopic (exact) mass is 295 g/mol. The minimum atomic E-state index is -0.376. The molecule has 1 aromatic heterocycles. The van der Waals surface area contributed by atoms with E-state index in [0.29, 0.717) is 5.39 Å². The summed E-state index contributed by atoms with van der Waals surface area (Å²) in [5.74, 6) is -0.376. The molecular weight excluding hydrogens is 285 g/mol. The highest BCUT2D eigenvalue weighted by Gasteiger charge is 2.20. The van der Waals surface area contributed by atoms with Gasteiger partial charge in [0.25, 0.3) is 0 Å². The fraction of sp³-hybridized carbons (Fsp3) is 0.308. The zero-order valence-electron chi connectivity index (χ0n) is 9.36. The lowest BCUT2D eigenvalue weighted by atomic mass is 10.1. The molecule has 0 bridgehead atoms. The van der Waals surface area contributed by atoms with Crippen molar-refractivity contribution in [2.75, 3.05) is 0 Å². The first-order valence-corrected chi connectivity index (χ1v) is 6.41. The van der Waals surface area contributed by atoms with E-state index < -0.39 is 0 Å². The molecule has 1 N–H and O–H groups in total. The number of fused-ring (bicyclic) bond motifs is 2. The van der Waals surface area contributed by atoms with E-state index in [1.807, 2.05) is 6.92 Å². The molecule has 0 saturated carbocycles. The zero-order chi connectivity index (χ0) is 12.2. The molecule has 0 fully saturated rings. The molecule has 0 spiro atoms. The Hall–Kier alpha value is -1.16. The number of halogens is 2. The van der Waals surface area contributed by atoms with Gasteiger partial charge in [-0.15, -0.1) is 0 Å². The standard InChI is InChI=1S/C13H11BrFNO/c1-6-5-8(15)11(14)10-12(6)16-9-4-2-3-7(9)13(10)17/h5H,2-4H2,1H3,(H,16,17). The van der Waals surface area contributed by atoms with Crippen LogP contribution in [0.2, 0.25) is 0 Å². The molecule has 1 heterocycles. The summed E-state index contributed by atoms with van der Waals surface area (Å²) in [6.07, 6.45) is 2.70. The molecule has 2 nitrogen and oxygen atoms in total. The first-order chi connectivity index (χ1) is 8.09. The van der Waals surface area contributed by atoms with Crippen LogP contribution in [0.3, 0.4) is 0 Å². The Balaban J connectivity index is 2.56. The Bertz CT molecular complexity index is 690. The Kier molecular flexibility index (Phi) is 2.36. The molecular formula is C13H11BrFNO. The fourth-order valence-corrected chi connectivity index (χ4v) is 3.05. The Morgan fingerprint density at radius 2 is 2.18 bits per heavy atom. The maximum Gasteiger partial charge on any atom is 0.194 e. The molecule has 4 heteroatoms. The zero-order valence-corrected chi connectivity index (χ0v) is 10.9. The second kappa shape index (κ2) is 3.67. The van der Waals surface area contributed by atoms with E-state index in [1.165, 1.54) is 6.07 Å². The van der Waals surface area contributed by atoms with Crippen molar-refractivity contribution in [1.29, 1.82) is 0 Å². The van der Waals surface area contributed by atoms with Gasteiger partial charge in [0.1, 0.15) is 5.82 Å². The summed E-state index contributed by atoms with van der Waals surface area (Å²) in [6, 6.07) is 1.45. The van der Waals surface area contributed by atoms with Crippen molar-refractivity contribution in [3.63, 3.8) is 0 Å². The van der Waals surface area contributed by atoms with E-state index in [1.54, 1.807) is 0 Å². The lowest BCUT2D eigenvalue weighted by Gasteiger charge is -2.08. The molecule has 1 aromatic carbocycles. The average molecular weight is 296 g/mol. The number of hydrogen-bond donors (Lipinski definition) is 1. The molecule has 0 amide bonds. The summed E-state index contributed by atoms with van der Waals surface area (Å²) in [5.41, 5.74) is 3.34. The van der Waals surface area contributed by atoms with Crippen LogP contribution in [0.1, 0.15) is 23.2 Å². The summed E-state index contributed by atoms with van der Waals surface area (Å²) in [7, 11) is 0. The van der Waals surface area contributed by atoms with Crippen LogP contribution in [0, 0.1) is 12.7 Å². The van der Waals surface area contributed by atoms with Gasteiger partial charge in [0, 0.05) is 11.3 Å². The SMILES string of the molecule is Cc1cc(F)c(Br)c2c(=O)c3c([nH]c12)CCC3. The number of aryl methyl sites for hydroxylation is 2. The van der Waals surface area contributed by atoms with Crippen molar-refractivity contribution < 1.29 is 4.39 Å². The van der Waals surface area contributed by atoms with Crippen LogP contribution < -0.4 is 5.43 Å². The number of aromatic nitrogens is 1. The number of hydrogen-bond acceptors (Lipinski definition) is 1. The van der Waals surface area contributed by atoms with Gasteiger partial charge in [-0.3, -0.25) is 4.79 Å². The van der Waals surface area contributed by atoms with Gasteiger partial charge in [-0.25, -0.2) is 4.39 Å². The van der Waals surface area contributed by atoms with Crippen molar-refractivity contribution in [3.05, 3.63) is 43.4 Å². The largest absolute Gasteiger partial charge is 0.358 e. The molecule has 3 rings (SSSR count). The van der Waals surface area contributed by atoms with Crippen LogP contribution in [0.5, 0.6) is 0 Å². The van der Waals surface area contributed by atoms with Crippen LogP contribution >= 0.6 is 15.9 Å². The smallest absolute Gasteiger partial charge is 0.194 e. The molecule has 2 aromatic rings. The molecule has 0 radical (unpaired) electrons. The van der Waals surface area contributed by atoms with E-state index in [9.17, 15) is 9.18 Å². The highest BCUT2D eigenvalue weighted by atomic mass is 79.9. The molecule has 0 unspecified atom stereocenters. The number of benzene rings is 1. The van der Waals surface area contributed by atoms with Crippen molar-refractivity contribution >= 4 is 26.8 Å². The summed E-state index contributed by atoms with van der Waals surface area (Å²) in [5, 5.41) is 0.447. The molecule has 0 atom stereocenters. The predicted octanol–water partition coefficient (Wildman–Crippen LogP) is 3.23. The van der Waals surface area contributed by atoms with Crippen LogP contribution in [0.4, 0.5) is 4.39 Å². The van der Waals surface area contributed by atoms with Crippen LogP contribution in [0.25, 0.3) is 10.9 Å². The quantitative estimate of drug-likeness (QED) is 0.795. The molecule has 1 aliphatic rings. The van der Waals surface area contributed by atoms with Gasteiger partial charge < -0.3 is 4.98 Å². The van der Waals surface area contributed by atoms with Crippen molar-refractivity contribution in [2.24, 2.45) is 0 Å².